The van der Waals surface area contributed by atoms with Crippen molar-refractivity contribution in [3.05, 3.63) is 0 Å². The van der Waals surface area contributed by atoms with Gasteiger partial charge in [-0.15, -0.1) is 0 Å². The predicted octanol–water partition coefficient (Wildman–Crippen LogP) is 2.02. The molecule has 0 radical (unpaired) electrons. The van der Waals surface area contributed by atoms with Crippen LogP contribution in [0.5, 0.6) is 0 Å². The molecule has 2 N–H and O–H groups in total. The second-order valence-corrected chi connectivity index (χ2v) is 7.20. The normalized spacial score (nSPS) is 26.1. The van der Waals surface area contributed by atoms with Crippen molar-refractivity contribution in [2.24, 2.45) is 17.6 Å². The molecule has 1 saturated heterocycles. The lowest BCUT2D eigenvalue weighted by Gasteiger charge is -2.41. The first-order chi connectivity index (χ1) is 10.1. The van der Waals surface area contributed by atoms with E-state index in [2.05, 4.69) is 4.90 Å². The molecule has 21 heavy (non-hydrogen) atoms. The first-order valence-corrected chi connectivity index (χ1v) is 8.71. The van der Waals surface area contributed by atoms with Gasteiger partial charge >= 0.3 is 0 Å². The van der Waals surface area contributed by atoms with Gasteiger partial charge in [0.2, 0.25) is 5.91 Å². The van der Waals surface area contributed by atoms with Crippen LogP contribution in [0.25, 0.3) is 0 Å². The zero-order valence-electron chi connectivity index (χ0n) is 13.2. The van der Waals surface area contributed by atoms with Crippen LogP contribution in [0.1, 0.15) is 44.9 Å². The molecule has 1 aliphatic heterocycles. The van der Waals surface area contributed by atoms with Crippen LogP contribution >= 0.6 is 12.2 Å². The Balaban J connectivity index is 1.68. The highest BCUT2D eigenvalue weighted by Crippen LogP contribution is 2.35. The minimum absolute atomic E-state index is 0.206. The monoisotopic (exact) mass is 311 g/mol. The third kappa shape index (κ3) is 5.22. The fourth-order valence-corrected chi connectivity index (χ4v) is 3.82. The zero-order valence-corrected chi connectivity index (χ0v) is 14.0. The van der Waals surface area contributed by atoms with Crippen LogP contribution in [0.3, 0.4) is 0 Å². The highest BCUT2D eigenvalue weighted by atomic mass is 32.1. The summed E-state index contributed by atoms with van der Waals surface area (Å²) in [5.74, 6) is 2.05. The molecule has 4 nitrogen and oxygen atoms in total. The third-order valence-electron chi connectivity index (χ3n) is 5.14. The maximum Gasteiger partial charge on any atom is 0.223 e. The summed E-state index contributed by atoms with van der Waals surface area (Å²) < 4.78 is 0. The molecule has 2 aliphatic rings. The highest BCUT2D eigenvalue weighted by Gasteiger charge is 2.30. The molecule has 2 fully saturated rings. The van der Waals surface area contributed by atoms with Crippen LogP contribution < -0.4 is 5.73 Å². The van der Waals surface area contributed by atoms with Gasteiger partial charge in [0.1, 0.15) is 0 Å². The van der Waals surface area contributed by atoms with Crippen LogP contribution in [0.15, 0.2) is 0 Å². The van der Waals surface area contributed by atoms with E-state index in [0.717, 1.165) is 18.4 Å². The number of carbonyl (C=O) groups is 1. The number of nitrogens with zero attached hydrogens (tertiary/aromatic N) is 2. The Morgan fingerprint density at radius 3 is 2.67 bits per heavy atom. The molecule has 0 spiro atoms. The molecule has 120 valence electrons. The Morgan fingerprint density at radius 2 is 1.95 bits per heavy atom. The maximum atomic E-state index is 12.1. The van der Waals surface area contributed by atoms with Crippen LogP contribution in [0.2, 0.25) is 0 Å². The fraction of sp³-hybridized carbons (Fsp3) is 0.875. The first kappa shape index (κ1) is 16.7. The van der Waals surface area contributed by atoms with Crippen molar-refractivity contribution < 1.29 is 4.79 Å². The number of likely N-dealkylation sites (tertiary alicyclic amines) is 1. The fourth-order valence-electron chi connectivity index (χ4n) is 3.73. The minimum atomic E-state index is 0.206. The van der Waals surface area contributed by atoms with Gasteiger partial charge in [0.25, 0.3) is 0 Å². The van der Waals surface area contributed by atoms with Gasteiger partial charge in [-0.2, -0.15) is 0 Å². The molecule has 2 atom stereocenters. The highest BCUT2D eigenvalue weighted by molar-refractivity contribution is 7.80. The summed E-state index contributed by atoms with van der Waals surface area (Å²) in [5.41, 5.74) is 5.48. The second kappa shape index (κ2) is 8.08. The first-order valence-electron chi connectivity index (χ1n) is 8.31. The van der Waals surface area contributed by atoms with Gasteiger partial charge < -0.3 is 15.5 Å². The molecule has 2 rings (SSSR count). The second-order valence-electron chi connectivity index (χ2n) is 6.68. The average molecular weight is 311 g/mol. The van der Waals surface area contributed by atoms with Crippen molar-refractivity contribution in [2.45, 2.75) is 44.9 Å². The number of thiocarbonyl (C=S) groups is 1. The summed E-state index contributed by atoms with van der Waals surface area (Å²) in [5, 5.41) is 0. The summed E-state index contributed by atoms with van der Waals surface area (Å²) >= 11 is 4.85. The third-order valence-corrected chi connectivity index (χ3v) is 5.34. The summed E-state index contributed by atoms with van der Waals surface area (Å²) in [7, 11) is 1.84. The number of rotatable bonds is 6. The number of amides is 1. The molecule has 1 heterocycles. The van der Waals surface area contributed by atoms with Gasteiger partial charge in [-0.1, -0.05) is 31.5 Å². The van der Waals surface area contributed by atoms with E-state index in [1.54, 1.807) is 4.90 Å². The number of hydrogen-bond acceptors (Lipinski definition) is 3. The molecule has 0 aromatic heterocycles. The van der Waals surface area contributed by atoms with Gasteiger partial charge in [0, 0.05) is 39.5 Å². The zero-order chi connectivity index (χ0) is 15.2. The van der Waals surface area contributed by atoms with Crippen LogP contribution in [0.4, 0.5) is 0 Å². The topological polar surface area (TPSA) is 49.6 Å². The van der Waals surface area contributed by atoms with Gasteiger partial charge in [0.15, 0.2) is 0 Å². The molecule has 0 aromatic carbocycles. The van der Waals surface area contributed by atoms with Gasteiger partial charge in [0.05, 0.1) is 4.99 Å². The lowest BCUT2D eigenvalue weighted by atomic mass is 9.75. The lowest BCUT2D eigenvalue weighted by Crippen LogP contribution is -2.43. The van der Waals surface area contributed by atoms with Crippen LogP contribution in [-0.2, 0) is 4.79 Å². The Hall–Kier alpha value is -0.680. The van der Waals surface area contributed by atoms with Gasteiger partial charge in [-0.05, 0) is 31.2 Å². The van der Waals surface area contributed by atoms with Crippen molar-refractivity contribution in [2.75, 3.05) is 33.2 Å². The number of piperidine rings is 1. The standard InChI is InChI=1S/C16H29N3OS/c1-18(9-7-15(17)21)16(20)8-11-19-10-6-13-4-2-3-5-14(13)12-19/h13-14H,2-12H2,1H3,(H2,17,21). The van der Waals surface area contributed by atoms with Crippen molar-refractivity contribution in [1.29, 1.82) is 0 Å². The van der Waals surface area contributed by atoms with Crippen LogP contribution in [0, 0.1) is 11.8 Å². The molecule has 1 aliphatic carbocycles. The number of carbonyl (C=O) groups excluding carboxylic acids is 1. The molecular formula is C16H29N3OS. The van der Waals surface area contributed by atoms with Crippen molar-refractivity contribution in [3.63, 3.8) is 0 Å². The summed E-state index contributed by atoms with van der Waals surface area (Å²) in [4.78, 5) is 16.8. The van der Waals surface area contributed by atoms with Gasteiger partial charge in [-0.3, -0.25) is 4.79 Å². The smallest absolute Gasteiger partial charge is 0.223 e. The lowest BCUT2D eigenvalue weighted by molar-refractivity contribution is -0.130. The molecule has 0 aromatic rings. The molecule has 5 heteroatoms. The molecule has 1 amide bonds. The summed E-state index contributed by atoms with van der Waals surface area (Å²) in [6.45, 7) is 3.91. The number of nitrogens with two attached hydrogens (primary N) is 1. The van der Waals surface area contributed by atoms with Crippen LogP contribution in [-0.4, -0.2) is 53.9 Å². The Bertz CT molecular complexity index is 375. The SMILES string of the molecule is CN(CCC(N)=S)C(=O)CCN1CCC2CCCCC2C1. The Kier molecular flexibility index (Phi) is 6.42. The van der Waals surface area contributed by atoms with E-state index >= 15 is 0 Å². The maximum absolute atomic E-state index is 12.1. The largest absolute Gasteiger partial charge is 0.393 e. The Morgan fingerprint density at radius 1 is 1.24 bits per heavy atom. The van der Waals surface area contributed by atoms with Crippen molar-refractivity contribution >= 4 is 23.1 Å². The van der Waals surface area contributed by atoms with E-state index in [4.69, 9.17) is 18.0 Å². The summed E-state index contributed by atoms with van der Waals surface area (Å²) in [6.07, 6.45) is 8.21. The number of fused-ring (bicyclic) bond motifs is 1. The summed E-state index contributed by atoms with van der Waals surface area (Å²) in [6, 6.07) is 0. The number of hydrogen-bond donors (Lipinski definition) is 1. The molecule has 1 saturated carbocycles. The van der Waals surface area contributed by atoms with E-state index < -0.39 is 0 Å². The Labute approximate surface area is 134 Å². The van der Waals surface area contributed by atoms with E-state index in [9.17, 15) is 4.79 Å². The van der Waals surface area contributed by atoms with E-state index in [1.165, 1.54) is 45.2 Å². The van der Waals surface area contributed by atoms with E-state index in [1.807, 2.05) is 7.05 Å². The minimum Gasteiger partial charge on any atom is -0.393 e. The van der Waals surface area contributed by atoms with Gasteiger partial charge in [-0.25, -0.2) is 0 Å². The van der Waals surface area contributed by atoms with E-state index in [-0.39, 0.29) is 5.91 Å². The predicted molar refractivity (Wildman–Crippen MR) is 90.2 cm³/mol. The molecule has 0 bridgehead atoms. The van der Waals surface area contributed by atoms with E-state index in [0.29, 0.717) is 24.4 Å². The quantitative estimate of drug-likeness (QED) is 0.763. The van der Waals surface area contributed by atoms with Crippen molar-refractivity contribution in [1.82, 2.24) is 9.80 Å². The van der Waals surface area contributed by atoms with Crippen molar-refractivity contribution in [3.8, 4) is 0 Å². The average Bonchev–Trinajstić information content (AvgIpc) is 2.49. The molecular weight excluding hydrogens is 282 g/mol. The molecule has 2 unspecified atom stereocenters.